The molecule has 3 atom stereocenters. The van der Waals surface area contributed by atoms with Crippen LogP contribution in [0.5, 0.6) is 0 Å². The topological polar surface area (TPSA) is 91.3 Å². The van der Waals surface area contributed by atoms with Gasteiger partial charge in [-0.15, -0.1) is 0 Å². The maximum absolute atomic E-state index is 11.6. The van der Waals surface area contributed by atoms with Gasteiger partial charge in [0, 0.05) is 0 Å². The summed E-state index contributed by atoms with van der Waals surface area (Å²) in [4.78, 5) is 23.3. The second-order valence-electron chi connectivity index (χ2n) is 6.24. The Labute approximate surface area is 138 Å². The first kappa shape index (κ1) is 21.8. The molecule has 7 heteroatoms. The van der Waals surface area contributed by atoms with Crippen molar-refractivity contribution in [2.24, 2.45) is 11.8 Å². The summed E-state index contributed by atoms with van der Waals surface area (Å²) in [6, 6.07) is 0. The third-order valence-electron chi connectivity index (χ3n) is 2.54. The zero-order valence-electron chi connectivity index (χ0n) is 14.9. The molecule has 0 saturated heterocycles. The summed E-state index contributed by atoms with van der Waals surface area (Å²) < 4.78 is 20.4. The van der Waals surface area contributed by atoms with E-state index >= 15 is 0 Å². The molecule has 0 heterocycles. The molecule has 1 N–H and O–H groups in total. The fourth-order valence-electron chi connectivity index (χ4n) is 1.44. The van der Waals surface area contributed by atoms with Crippen LogP contribution in [0.2, 0.25) is 0 Å². The van der Waals surface area contributed by atoms with E-state index < -0.39 is 37.0 Å². The van der Waals surface area contributed by atoms with Crippen LogP contribution in [-0.4, -0.2) is 48.9 Å². The summed E-state index contributed by atoms with van der Waals surface area (Å²) in [5, 5.41) is 9.67. The maximum atomic E-state index is 11.6. The van der Waals surface area contributed by atoms with Gasteiger partial charge in [-0.1, -0.05) is 27.7 Å². The first-order chi connectivity index (χ1) is 10.6. The Bertz CT molecular complexity index is 354. The number of rotatable bonds is 11. The smallest absolute Gasteiger partial charge is 0.337 e. The molecule has 0 amide bonds. The lowest BCUT2D eigenvalue weighted by molar-refractivity contribution is -0.192. The van der Waals surface area contributed by atoms with Crippen molar-refractivity contribution >= 4 is 11.9 Å². The average molecular weight is 334 g/mol. The molecular formula is C16H30O7. The highest BCUT2D eigenvalue weighted by Crippen LogP contribution is 2.06. The van der Waals surface area contributed by atoms with Crippen molar-refractivity contribution in [1.82, 2.24) is 0 Å². The molecule has 0 aliphatic rings. The Morgan fingerprint density at radius 3 is 1.70 bits per heavy atom. The molecule has 0 radical (unpaired) electrons. The Balaban J connectivity index is 4.07. The number of carbonyl (C=O) groups is 2. The number of aliphatic hydroxyl groups excluding tert-OH is 1. The van der Waals surface area contributed by atoms with E-state index in [0.29, 0.717) is 25.0 Å². The van der Waals surface area contributed by atoms with Gasteiger partial charge >= 0.3 is 11.9 Å². The molecule has 0 bridgehead atoms. The van der Waals surface area contributed by atoms with E-state index in [4.69, 9.17) is 18.9 Å². The molecule has 23 heavy (non-hydrogen) atoms. The number of hydrogen-bond acceptors (Lipinski definition) is 7. The predicted octanol–water partition coefficient (Wildman–Crippen LogP) is 1.86. The van der Waals surface area contributed by atoms with Crippen molar-refractivity contribution < 1.29 is 33.6 Å². The second kappa shape index (κ2) is 11.4. The molecule has 0 aliphatic heterocycles. The maximum Gasteiger partial charge on any atom is 0.337 e. The van der Waals surface area contributed by atoms with E-state index in [0.717, 1.165) is 0 Å². The van der Waals surface area contributed by atoms with Gasteiger partial charge in [0.2, 0.25) is 0 Å². The van der Waals surface area contributed by atoms with Gasteiger partial charge in [-0.3, -0.25) is 4.79 Å². The molecule has 0 aromatic heterocycles. The molecule has 0 rings (SSSR count). The Kier molecular flexibility index (Phi) is 10.8. The molecule has 0 saturated carbocycles. The lowest BCUT2D eigenvalue weighted by atomic mass is 10.2. The lowest BCUT2D eigenvalue weighted by Gasteiger charge is -2.18. The first-order valence-electron chi connectivity index (χ1n) is 7.93. The van der Waals surface area contributed by atoms with E-state index in [2.05, 4.69) is 0 Å². The Hall–Kier alpha value is -1.18. The fourth-order valence-corrected chi connectivity index (χ4v) is 1.44. The van der Waals surface area contributed by atoms with Crippen molar-refractivity contribution in [2.45, 2.75) is 66.6 Å². The number of aliphatic hydroxyl groups is 1. The Morgan fingerprint density at radius 2 is 1.26 bits per heavy atom. The molecule has 0 aromatic rings. The highest BCUT2D eigenvalue weighted by atomic mass is 16.7. The standard InChI is InChI=1S/C16H30O7/c1-10(2)8-20-12(5)22-15(18)7-14(17)16(19)23-13(6)21-9-11(3)4/h10-14,17H,7-9H2,1-6H3. The summed E-state index contributed by atoms with van der Waals surface area (Å²) in [5.74, 6) is -1.05. The minimum Gasteiger partial charge on any atom is -0.436 e. The molecule has 7 nitrogen and oxygen atoms in total. The van der Waals surface area contributed by atoms with E-state index in [-0.39, 0.29) is 0 Å². The van der Waals surface area contributed by atoms with Crippen LogP contribution >= 0.6 is 0 Å². The Morgan fingerprint density at radius 1 is 0.826 bits per heavy atom. The fraction of sp³-hybridized carbons (Fsp3) is 0.875. The van der Waals surface area contributed by atoms with Gasteiger partial charge in [0.25, 0.3) is 0 Å². The molecule has 0 fully saturated rings. The van der Waals surface area contributed by atoms with Crippen LogP contribution in [0.4, 0.5) is 0 Å². The SMILES string of the molecule is CC(C)COC(C)OC(=O)CC(O)C(=O)OC(C)OCC(C)C. The third-order valence-corrected chi connectivity index (χ3v) is 2.54. The van der Waals surface area contributed by atoms with Crippen molar-refractivity contribution in [3.8, 4) is 0 Å². The molecular weight excluding hydrogens is 304 g/mol. The molecule has 0 spiro atoms. The third kappa shape index (κ3) is 12.0. The van der Waals surface area contributed by atoms with Gasteiger partial charge in [0.05, 0.1) is 19.6 Å². The minimum absolute atomic E-state index is 0.295. The van der Waals surface area contributed by atoms with Crippen LogP contribution in [0.1, 0.15) is 48.0 Å². The van der Waals surface area contributed by atoms with Crippen molar-refractivity contribution in [1.29, 1.82) is 0 Å². The van der Waals surface area contributed by atoms with Crippen molar-refractivity contribution in [3.05, 3.63) is 0 Å². The van der Waals surface area contributed by atoms with Gasteiger partial charge in [-0.05, 0) is 25.7 Å². The van der Waals surface area contributed by atoms with Gasteiger partial charge in [-0.2, -0.15) is 0 Å². The monoisotopic (exact) mass is 334 g/mol. The van der Waals surface area contributed by atoms with Crippen LogP contribution in [0, 0.1) is 11.8 Å². The van der Waals surface area contributed by atoms with Crippen molar-refractivity contribution in [3.63, 3.8) is 0 Å². The highest BCUT2D eigenvalue weighted by Gasteiger charge is 2.24. The van der Waals surface area contributed by atoms with Crippen LogP contribution in [0.3, 0.4) is 0 Å². The van der Waals surface area contributed by atoms with E-state index in [1.165, 1.54) is 0 Å². The number of hydrogen-bond donors (Lipinski definition) is 1. The summed E-state index contributed by atoms with van der Waals surface area (Å²) in [6.45, 7) is 11.9. The molecule has 0 aliphatic carbocycles. The van der Waals surface area contributed by atoms with Crippen LogP contribution in [-0.2, 0) is 28.5 Å². The zero-order chi connectivity index (χ0) is 18.0. The van der Waals surface area contributed by atoms with Crippen LogP contribution in [0.25, 0.3) is 0 Å². The summed E-state index contributed by atoms with van der Waals surface area (Å²) >= 11 is 0. The van der Waals surface area contributed by atoms with Crippen LogP contribution < -0.4 is 0 Å². The van der Waals surface area contributed by atoms with Gasteiger partial charge in [-0.25, -0.2) is 4.79 Å². The van der Waals surface area contributed by atoms with Crippen LogP contribution in [0.15, 0.2) is 0 Å². The van der Waals surface area contributed by atoms with Crippen molar-refractivity contribution in [2.75, 3.05) is 13.2 Å². The predicted molar refractivity (Wildman–Crippen MR) is 83.3 cm³/mol. The summed E-state index contributed by atoms with van der Waals surface area (Å²) in [5.41, 5.74) is 0. The van der Waals surface area contributed by atoms with E-state index in [1.807, 2.05) is 27.7 Å². The average Bonchev–Trinajstić information content (AvgIpc) is 2.42. The number of ether oxygens (including phenoxy) is 4. The quantitative estimate of drug-likeness (QED) is 0.455. The molecule has 3 unspecified atom stereocenters. The first-order valence-corrected chi connectivity index (χ1v) is 7.93. The van der Waals surface area contributed by atoms with Gasteiger partial charge < -0.3 is 24.1 Å². The van der Waals surface area contributed by atoms with E-state index in [1.54, 1.807) is 13.8 Å². The normalized spacial score (nSPS) is 15.3. The number of carbonyl (C=O) groups excluding carboxylic acids is 2. The van der Waals surface area contributed by atoms with E-state index in [9.17, 15) is 14.7 Å². The number of esters is 2. The lowest BCUT2D eigenvalue weighted by Crippen LogP contribution is -2.32. The van der Waals surface area contributed by atoms with Gasteiger partial charge in [0.15, 0.2) is 18.7 Å². The van der Waals surface area contributed by atoms with Gasteiger partial charge in [0.1, 0.15) is 0 Å². The molecule has 0 aromatic carbocycles. The summed E-state index contributed by atoms with van der Waals surface area (Å²) in [7, 11) is 0. The largest absolute Gasteiger partial charge is 0.436 e. The molecule has 136 valence electrons. The summed E-state index contributed by atoms with van der Waals surface area (Å²) in [6.07, 6.45) is -3.61. The minimum atomic E-state index is -1.59. The highest BCUT2D eigenvalue weighted by molar-refractivity contribution is 5.81. The zero-order valence-corrected chi connectivity index (χ0v) is 14.9. The second-order valence-corrected chi connectivity index (χ2v) is 6.24.